The van der Waals surface area contributed by atoms with Crippen molar-refractivity contribution in [3.8, 4) is 0 Å². The van der Waals surface area contributed by atoms with Gasteiger partial charge in [0.15, 0.2) is 0 Å². The SMILES string of the molecule is CC(OC(=Nc1ccccc1)C(F)(F)F)c1cc2ccccc2s1. The van der Waals surface area contributed by atoms with Gasteiger partial charge in [-0.15, -0.1) is 11.3 Å². The van der Waals surface area contributed by atoms with Crippen LogP contribution in [0.2, 0.25) is 0 Å². The van der Waals surface area contributed by atoms with Crippen molar-refractivity contribution in [2.45, 2.75) is 19.2 Å². The monoisotopic (exact) mass is 349 g/mol. The average Bonchev–Trinajstić information content (AvgIpc) is 2.98. The Morgan fingerprint density at radius 2 is 1.71 bits per heavy atom. The molecule has 0 bridgehead atoms. The molecule has 0 N–H and O–H groups in total. The van der Waals surface area contributed by atoms with Crippen molar-refractivity contribution in [2.75, 3.05) is 0 Å². The molecule has 1 aromatic heterocycles. The van der Waals surface area contributed by atoms with Crippen LogP contribution in [-0.2, 0) is 4.74 Å². The van der Waals surface area contributed by atoms with Gasteiger partial charge in [-0.25, -0.2) is 4.99 Å². The second-order valence-electron chi connectivity index (χ2n) is 5.20. The average molecular weight is 349 g/mol. The highest BCUT2D eigenvalue weighted by molar-refractivity contribution is 7.19. The van der Waals surface area contributed by atoms with Gasteiger partial charge in [-0.2, -0.15) is 13.2 Å². The van der Waals surface area contributed by atoms with Gasteiger partial charge >= 0.3 is 6.18 Å². The van der Waals surface area contributed by atoms with Gasteiger partial charge in [0.05, 0.1) is 5.69 Å². The van der Waals surface area contributed by atoms with Crippen LogP contribution in [0.15, 0.2) is 65.7 Å². The number of halogens is 3. The highest BCUT2D eigenvalue weighted by Crippen LogP contribution is 2.33. The van der Waals surface area contributed by atoms with E-state index in [0.29, 0.717) is 0 Å². The molecular weight excluding hydrogens is 335 g/mol. The van der Waals surface area contributed by atoms with E-state index < -0.39 is 18.2 Å². The molecule has 0 saturated carbocycles. The van der Waals surface area contributed by atoms with Crippen LogP contribution in [0.1, 0.15) is 17.9 Å². The number of hydrogen-bond donors (Lipinski definition) is 0. The quantitative estimate of drug-likeness (QED) is 0.403. The minimum atomic E-state index is -4.65. The molecule has 0 aliphatic heterocycles. The second-order valence-corrected chi connectivity index (χ2v) is 6.31. The molecule has 2 nitrogen and oxygen atoms in total. The molecule has 24 heavy (non-hydrogen) atoms. The van der Waals surface area contributed by atoms with Crippen LogP contribution in [0.3, 0.4) is 0 Å². The fraction of sp³-hybridized carbons (Fsp3) is 0.167. The van der Waals surface area contributed by atoms with Crippen LogP contribution in [0, 0.1) is 0 Å². The first-order valence-electron chi connectivity index (χ1n) is 7.29. The molecule has 3 aromatic rings. The van der Waals surface area contributed by atoms with E-state index in [1.165, 1.54) is 23.5 Å². The lowest BCUT2D eigenvalue weighted by atomic mass is 10.2. The number of alkyl halides is 3. The molecule has 0 amide bonds. The number of thiophene rings is 1. The van der Waals surface area contributed by atoms with Gasteiger partial charge in [0, 0.05) is 9.58 Å². The predicted octanol–water partition coefficient (Wildman–Crippen LogP) is 6.27. The number of ether oxygens (including phenoxy) is 1. The summed E-state index contributed by atoms with van der Waals surface area (Å²) in [6.45, 7) is 1.59. The lowest BCUT2D eigenvalue weighted by Gasteiger charge is -2.17. The predicted molar refractivity (Wildman–Crippen MR) is 90.9 cm³/mol. The Kier molecular flexibility index (Phi) is 4.57. The van der Waals surface area contributed by atoms with Crippen LogP contribution in [0.4, 0.5) is 18.9 Å². The van der Waals surface area contributed by atoms with Crippen LogP contribution in [0.5, 0.6) is 0 Å². The Morgan fingerprint density at radius 1 is 1.04 bits per heavy atom. The molecule has 124 valence electrons. The summed E-state index contributed by atoms with van der Waals surface area (Å²) in [4.78, 5) is 4.35. The summed E-state index contributed by atoms with van der Waals surface area (Å²) in [5.74, 6) is -1.24. The van der Waals surface area contributed by atoms with E-state index in [4.69, 9.17) is 4.74 Å². The normalized spacial score (nSPS) is 13.9. The van der Waals surface area contributed by atoms with Gasteiger partial charge in [-0.05, 0) is 36.6 Å². The summed E-state index contributed by atoms with van der Waals surface area (Å²) < 4.78 is 45.9. The number of rotatable bonds is 3. The molecule has 0 radical (unpaired) electrons. The summed E-state index contributed by atoms with van der Waals surface area (Å²) in [7, 11) is 0. The summed E-state index contributed by atoms with van der Waals surface area (Å²) in [6, 6.07) is 17.5. The third-order valence-corrected chi connectivity index (χ3v) is 4.64. The Bertz CT molecular complexity index is 822. The Hall–Kier alpha value is -2.34. The molecule has 0 spiro atoms. The number of fused-ring (bicyclic) bond motifs is 1. The van der Waals surface area contributed by atoms with E-state index in [2.05, 4.69) is 4.99 Å². The topological polar surface area (TPSA) is 21.6 Å². The molecule has 1 unspecified atom stereocenters. The van der Waals surface area contributed by atoms with Gasteiger partial charge < -0.3 is 4.74 Å². The van der Waals surface area contributed by atoms with Gasteiger partial charge in [-0.1, -0.05) is 36.4 Å². The molecule has 1 atom stereocenters. The number of nitrogens with zero attached hydrogens (tertiary/aromatic N) is 1. The van der Waals surface area contributed by atoms with Gasteiger partial charge in [0.2, 0.25) is 0 Å². The van der Waals surface area contributed by atoms with Gasteiger partial charge in [-0.3, -0.25) is 0 Å². The number of hydrogen-bond acceptors (Lipinski definition) is 3. The lowest BCUT2D eigenvalue weighted by Crippen LogP contribution is -2.26. The maximum absolute atomic E-state index is 13.2. The summed E-state index contributed by atoms with van der Waals surface area (Å²) in [6.07, 6.45) is -5.40. The minimum absolute atomic E-state index is 0.202. The van der Waals surface area contributed by atoms with E-state index >= 15 is 0 Å². The third-order valence-electron chi connectivity index (χ3n) is 3.36. The highest BCUT2D eigenvalue weighted by atomic mass is 32.1. The molecule has 0 aliphatic rings. The number of benzene rings is 2. The minimum Gasteiger partial charge on any atom is -0.466 e. The fourth-order valence-electron chi connectivity index (χ4n) is 2.20. The van der Waals surface area contributed by atoms with E-state index in [1.807, 2.05) is 30.3 Å². The maximum Gasteiger partial charge on any atom is 0.468 e. The van der Waals surface area contributed by atoms with Crippen LogP contribution < -0.4 is 0 Å². The zero-order chi connectivity index (χ0) is 17.2. The Balaban J connectivity index is 1.88. The summed E-state index contributed by atoms with van der Waals surface area (Å²) >= 11 is 1.42. The zero-order valence-corrected chi connectivity index (χ0v) is 13.6. The van der Waals surface area contributed by atoms with E-state index in [1.54, 1.807) is 25.1 Å². The first kappa shape index (κ1) is 16.5. The van der Waals surface area contributed by atoms with E-state index in [0.717, 1.165) is 15.0 Å². The summed E-state index contributed by atoms with van der Waals surface area (Å²) in [5, 5.41) is 0.988. The number of para-hydroxylation sites is 1. The number of aliphatic imine (C=N–C) groups is 1. The molecule has 0 aliphatic carbocycles. The standard InChI is InChI=1S/C18H14F3NOS/c1-12(16-11-13-7-5-6-10-15(13)24-16)23-17(18(19,20)21)22-14-8-3-2-4-9-14/h2-12H,1H3. The lowest BCUT2D eigenvalue weighted by molar-refractivity contribution is -0.0825. The molecule has 0 fully saturated rings. The summed E-state index contributed by atoms with van der Waals surface area (Å²) in [5.41, 5.74) is 0.202. The van der Waals surface area contributed by atoms with Gasteiger partial charge in [0.25, 0.3) is 5.90 Å². The molecule has 2 aromatic carbocycles. The van der Waals surface area contributed by atoms with Gasteiger partial charge in [0.1, 0.15) is 6.10 Å². The van der Waals surface area contributed by atoms with Crippen LogP contribution in [-0.4, -0.2) is 12.1 Å². The van der Waals surface area contributed by atoms with Crippen LogP contribution in [0.25, 0.3) is 10.1 Å². The maximum atomic E-state index is 13.2. The smallest absolute Gasteiger partial charge is 0.466 e. The molecule has 1 heterocycles. The van der Waals surface area contributed by atoms with Crippen molar-refractivity contribution in [3.63, 3.8) is 0 Å². The molecule has 6 heteroatoms. The Labute approximate surface area is 141 Å². The third kappa shape index (κ3) is 3.76. The highest BCUT2D eigenvalue weighted by Gasteiger charge is 2.39. The largest absolute Gasteiger partial charge is 0.468 e. The van der Waals surface area contributed by atoms with Crippen molar-refractivity contribution in [1.29, 1.82) is 0 Å². The molecule has 0 saturated heterocycles. The second kappa shape index (κ2) is 6.65. The van der Waals surface area contributed by atoms with E-state index in [9.17, 15) is 13.2 Å². The fourth-order valence-corrected chi connectivity index (χ4v) is 3.25. The zero-order valence-electron chi connectivity index (χ0n) is 12.7. The van der Waals surface area contributed by atoms with E-state index in [-0.39, 0.29) is 5.69 Å². The van der Waals surface area contributed by atoms with Crippen molar-refractivity contribution in [2.24, 2.45) is 4.99 Å². The molecular formula is C18H14F3NOS. The van der Waals surface area contributed by atoms with Crippen molar-refractivity contribution < 1.29 is 17.9 Å². The first-order valence-corrected chi connectivity index (χ1v) is 8.11. The van der Waals surface area contributed by atoms with Crippen LogP contribution >= 0.6 is 11.3 Å². The Morgan fingerprint density at radius 3 is 2.38 bits per heavy atom. The van der Waals surface area contributed by atoms with Crippen molar-refractivity contribution >= 4 is 33.0 Å². The van der Waals surface area contributed by atoms with Crippen molar-refractivity contribution in [3.05, 3.63) is 65.5 Å². The van der Waals surface area contributed by atoms with Crippen molar-refractivity contribution in [1.82, 2.24) is 0 Å². The molecule has 3 rings (SSSR count). The first-order chi connectivity index (χ1) is 11.4.